The molecule has 4 rings (SSSR count). The molecular formula is C16H21N5OS. The van der Waals surface area contributed by atoms with Gasteiger partial charge in [0.25, 0.3) is 0 Å². The molecule has 1 aliphatic carbocycles. The van der Waals surface area contributed by atoms with Gasteiger partial charge in [0.2, 0.25) is 5.91 Å². The van der Waals surface area contributed by atoms with Crippen LogP contribution < -0.4 is 10.6 Å². The zero-order valence-corrected chi connectivity index (χ0v) is 14.0. The van der Waals surface area contributed by atoms with E-state index in [-0.39, 0.29) is 18.0 Å². The number of piperidine rings is 1. The summed E-state index contributed by atoms with van der Waals surface area (Å²) >= 11 is 1.83. The van der Waals surface area contributed by atoms with Gasteiger partial charge in [-0.2, -0.15) is 5.10 Å². The highest BCUT2D eigenvalue weighted by molar-refractivity contribution is 7.11. The van der Waals surface area contributed by atoms with Crippen LogP contribution in [0.15, 0.2) is 12.4 Å². The van der Waals surface area contributed by atoms with Crippen LogP contribution in [0.5, 0.6) is 0 Å². The number of nitrogens with zero attached hydrogens (tertiary/aromatic N) is 3. The number of nitrogens with one attached hydrogen (secondary N) is 2. The molecule has 0 radical (unpaired) electrons. The Labute approximate surface area is 139 Å². The van der Waals surface area contributed by atoms with E-state index in [4.69, 9.17) is 4.98 Å². The van der Waals surface area contributed by atoms with Gasteiger partial charge in [-0.25, -0.2) is 4.98 Å². The molecule has 7 heteroatoms. The smallest absolute Gasteiger partial charge is 0.220 e. The molecule has 0 spiro atoms. The Kier molecular flexibility index (Phi) is 3.90. The second-order valence-electron chi connectivity index (χ2n) is 6.35. The van der Waals surface area contributed by atoms with Crippen LogP contribution >= 0.6 is 11.3 Å². The Balaban J connectivity index is 1.45. The zero-order valence-electron chi connectivity index (χ0n) is 13.2. The Morgan fingerprint density at radius 3 is 3.13 bits per heavy atom. The third kappa shape index (κ3) is 3.03. The topological polar surface area (TPSA) is 71.8 Å². The molecule has 0 bridgehead atoms. The first-order valence-electron chi connectivity index (χ1n) is 8.18. The van der Waals surface area contributed by atoms with Gasteiger partial charge in [-0.15, -0.1) is 11.3 Å². The standard InChI is InChI=1S/C16H21N5OS/c1-21-9-10(7-18-21)16-12(5-6-14(22)20-16)17-8-15-19-11-3-2-4-13(11)23-15/h7,9,12,16-17H,2-6,8H2,1H3,(H,20,22)/t12-,16+/m1/s1. The third-order valence-electron chi connectivity index (χ3n) is 4.64. The van der Waals surface area contributed by atoms with Gasteiger partial charge in [0.1, 0.15) is 5.01 Å². The monoisotopic (exact) mass is 331 g/mol. The third-order valence-corrected chi connectivity index (χ3v) is 5.80. The van der Waals surface area contributed by atoms with Crippen LogP contribution in [0, 0.1) is 0 Å². The molecule has 1 amide bonds. The minimum atomic E-state index is -0.0169. The summed E-state index contributed by atoms with van der Waals surface area (Å²) in [7, 11) is 1.90. The highest BCUT2D eigenvalue weighted by Crippen LogP contribution is 2.28. The molecule has 2 aromatic rings. The quantitative estimate of drug-likeness (QED) is 0.890. The second-order valence-corrected chi connectivity index (χ2v) is 7.52. The predicted octanol–water partition coefficient (Wildman–Crippen LogP) is 1.47. The molecule has 2 aliphatic rings. The van der Waals surface area contributed by atoms with Gasteiger partial charge in [0.05, 0.1) is 17.9 Å². The van der Waals surface area contributed by atoms with Gasteiger partial charge in [-0.05, 0) is 25.7 Å². The molecule has 122 valence electrons. The van der Waals surface area contributed by atoms with Gasteiger partial charge in [-0.1, -0.05) is 0 Å². The van der Waals surface area contributed by atoms with Gasteiger partial charge in [0, 0.05) is 42.7 Å². The highest BCUT2D eigenvalue weighted by atomic mass is 32.1. The summed E-state index contributed by atoms with van der Waals surface area (Å²) in [6.07, 6.45) is 8.79. The van der Waals surface area contributed by atoms with Crippen molar-refractivity contribution in [3.63, 3.8) is 0 Å². The van der Waals surface area contributed by atoms with Crippen LogP contribution in [-0.2, 0) is 31.2 Å². The number of fused-ring (bicyclic) bond motifs is 1. The van der Waals surface area contributed by atoms with Crippen LogP contribution in [0.25, 0.3) is 0 Å². The molecule has 0 aromatic carbocycles. The van der Waals surface area contributed by atoms with E-state index < -0.39 is 0 Å². The number of thiazole rings is 1. The fourth-order valence-electron chi connectivity index (χ4n) is 3.47. The maximum atomic E-state index is 11.8. The Morgan fingerprint density at radius 1 is 1.43 bits per heavy atom. The fraction of sp³-hybridized carbons (Fsp3) is 0.562. The minimum Gasteiger partial charge on any atom is -0.348 e. The van der Waals surface area contributed by atoms with Crippen molar-refractivity contribution >= 4 is 17.2 Å². The molecule has 2 atom stereocenters. The molecule has 1 aliphatic heterocycles. The molecule has 1 saturated heterocycles. The molecule has 1 fully saturated rings. The van der Waals surface area contributed by atoms with Crippen LogP contribution in [0.4, 0.5) is 0 Å². The summed E-state index contributed by atoms with van der Waals surface area (Å²) in [6, 6.07) is 0.201. The van der Waals surface area contributed by atoms with Crippen LogP contribution in [0.2, 0.25) is 0 Å². The number of rotatable bonds is 4. The Morgan fingerprint density at radius 2 is 2.35 bits per heavy atom. The zero-order chi connectivity index (χ0) is 15.8. The number of hydrogen-bond donors (Lipinski definition) is 2. The number of hydrogen-bond acceptors (Lipinski definition) is 5. The van der Waals surface area contributed by atoms with Crippen molar-refractivity contribution < 1.29 is 4.79 Å². The van der Waals surface area contributed by atoms with Crippen LogP contribution in [0.1, 0.15) is 46.4 Å². The predicted molar refractivity (Wildman–Crippen MR) is 88.1 cm³/mol. The Hall–Kier alpha value is -1.73. The van der Waals surface area contributed by atoms with E-state index in [1.807, 2.05) is 30.8 Å². The molecule has 3 heterocycles. The fourth-order valence-corrected chi connectivity index (χ4v) is 4.58. The van der Waals surface area contributed by atoms with Crippen molar-refractivity contribution in [1.82, 2.24) is 25.4 Å². The van der Waals surface area contributed by atoms with E-state index in [0.717, 1.165) is 30.0 Å². The molecule has 2 aromatic heterocycles. The number of aromatic nitrogens is 3. The molecular weight excluding hydrogens is 310 g/mol. The summed E-state index contributed by atoms with van der Waals surface area (Å²) in [6.45, 7) is 0.773. The summed E-state index contributed by atoms with van der Waals surface area (Å²) < 4.78 is 1.78. The summed E-state index contributed by atoms with van der Waals surface area (Å²) in [4.78, 5) is 18.0. The average Bonchev–Trinajstić information content (AvgIpc) is 3.21. The Bertz CT molecular complexity index is 700. The highest BCUT2D eigenvalue weighted by Gasteiger charge is 2.30. The second kappa shape index (κ2) is 6.05. The number of amides is 1. The molecule has 6 nitrogen and oxygen atoms in total. The lowest BCUT2D eigenvalue weighted by Crippen LogP contribution is -2.48. The average molecular weight is 331 g/mol. The van der Waals surface area contributed by atoms with Crippen molar-refractivity contribution in [2.24, 2.45) is 7.05 Å². The lowest BCUT2D eigenvalue weighted by atomic mass is 9.94. The first-order valence-corrected chi connectivity index (χ1v) is 8.99. The van der Waals surface area contributed by atoms with Gasteiger partial charge >= 0.3 is 0 Å². The maximum Gasteiger partial charge on any atom is 0.220 e. The van der Waals surface area contributed by atoms with E-state index in [0.29, 0.717) is 6.42 Å². The van der Waals surface area contributed by atoms with Crippen molar-refractivity contribution in [2.75, 3.05) is 0 Å². The largest absolute Gasteiger partial charge is 0.348 e. The first kappa shape index (κ1) is 14.8. The molecule has 23 heavy (non-hydrogen) atoms. The van der Waals surface area contributed by atoms with E-state index in [9.17, 15) is 4.79 Å². The lowest BCUT2D eigenvalue weighted by Gasteiger charge is -2.32. The summed E-state index contributed by atoms with van der Waals surface area (Å²) in [5.74, 6) is 0.116. The van der Waals surface area contributed by atoms with Crippen molar-refractivity contribution in [2.45, 2.75) is 50.7 Å². The normalized spacial score (nSPS) is 23.8. The van der Waals surface area contributed by atoms with Crippen LogP contribution in [0.3, 0.4) is 0 Å². The first-order chi connectivity index (χ1) is 11.2. The molecule has 0 saturated carbocycles. The van der Waals surface area contributed by atoms with Crippen molar-refractivity contribution in [3.05, 3.63) is 33.5 Å². The minimum absolute atomic E-state index is 0.0169. The summed E-state index contributed by atoms with van der Waals surface area (Å²) in [5, 5.41) is 12.1. The maximum absolute atomic E-state index is 11.8. The van der Waals surface area contributed by atoms with E-state index >= 15 is 0 Å². The van der Waals surface area contributed by atoms with Crippen molar-refractivity contribution in [1.29, 1.82) is 0 Å². The van der Waals surface area contributed by atoms with E-state index in [1.165, 1.54) is 23.4 Å². The lowest BCUT2D eigenvalue weighted by molar-refractivity contribution is -0.123. The molecule has 0 unspecified atom stereocenters. The molecule has 2 N–H and O–H groups in total. The SMILES string of the molecule is Cn1cc([C@@H]2NC(=O)CC[C@H]2NCc2nc3c(s2)CCC3)cn1. The van der Waals surface area contributed by atoms with E-state index in [2.05, 4.69) is 15.7 Å². The summed E-state index contributed by atoms with van der Waals surface area (Å²) in [5.41, 5.74) is 2.35. The van der Waals surface area contributed by atoms with E-state index in [1.54, 1.807) is 4.68 Å². The number of aryl methyl sites for hydroxylation is 3. The van der Waals surface area contributed by atoms with Gasteiger partial charge in [-0.3, -0.25) is 9.48 Å². The van der Waals surface area contributed by atoms with Gasteiger partial charge < -0.3 is 10.6 Å². The number of carbonyl (C=O) groups excluding carboxylic acids is 1. The van der Waals surface area contributed by atoms with Crippen LogP contribution in [-0.4, -0.2) is 26.7 Å². The number of carbonyl (C=O) groups is 1. The van der Waals surface area contributed by atoms with Gasteiger partial charge in [0.15, 0.2) is 0 Å². The van der Waals surface area contributed by atoms with Crippen molar-refractivity contribution in [3.8, 4) is 0 Å².